The molecule has 0 fully saturated rings. The number of nitrogens with one attached hydrogen (secondary N) is 2. The normalized spacial score (nSPS) is 10.9. The molecule has 0 saturated heterocycles. The van der Waals surface area contributed by atoms with Gasteiger partial charge in [-0.15, -0.1) is 11.8 Å². The molecule has 3 N–H and O–H groups in total. The molecule has 6 heteroatoms. The molecule has 0 radical (unpaired) electrons. The number of carbonyl (C=O) groups is 2. The van der Waals surface area contributed by atoms with Gasteiger partial charge in [-0.2, -0.15) is 0 Å². The number of hydrogen-bond donors (Lipinski definition) is 3. The molecule has 0 unspecified atom stereocenters. The van der Waals surface area contributed by atoms with Gasteiger partial charge in [0, 0.05) is 16.9 Å². The summed E-state index contributed by atoms with van der Waals surface area (Å²) in [4.78, 5) is 23.5. The van der Waals surface area contributed by atoms with E-state index < -0.39 is 11.5 Å². The van der Waals surface area contributed by atoms with Crippen molar-refractivity contribution < 1.29 is 14.7 Å². The SMILES string of the molecule is CSc1ccccc1NC(=O)NC(C)(C)CCC(=O)O. The van der Waals surface area contributed by atoms with Crippen LogP contribution < -0.4 is 10.6 Å². The van der Waals surface area contributed by atoms with Crippen LogP contribution in [-0.4, -0.2) is 28.9 Å². The Morgan fingerprint density at radius 3 is 2.55 bits per heavy atom. The predicted molar refractivity (Wildman–Crippen MR) is 81.3 cm³/mol. The van der Waals surface area contributed by atoms with Crippen LogP contribution >= 0.6 is 11.8 Å². The number of carboxylic acid groups (broad SMARTS) is 1. The molecule has 1 rings (SSSR count). The average molecular weight is 296 g/mol. The molecule has 1 aromatic rings. The van der Waals surface area contributed by atoms with Crippen LogP contribution in [0.2, 0.25) is 0 Å². The van der Waals surface area contributed by atoms with E-state index in [4.69, 9.17) is 5.11 Å². The molecule has 20 heavy (non-hydrogen) atoms. The third kappa shape index (κ3) is 5.52. The highest BCUT2D eigenvalue weighted by Gasteiger charge is 2.21. The second kappa shape index (κ2) is 7.19. The van der Waals surface area contributed by atoms with Crippen LogP contribution in [-0.2, 0) is 4.79 Å². The number of amides is 2. The van der Waals surface area contributed by atoms with E-state index in [0.29, 0.717) is 6.42 Å². The lowest BCUT2D eigenvalue weighted by Crippen LogP contribution is -2.45. The van der Waals surface area contributed by atoms with Gasteiger partial charge in [-0.1, -0.05) is 12.1 Å². The molecule has 0 spiro atoms. The molecular formula is C14H20N2O3S. The second-order valence-electron chi connectivity index (χ2n) is 5.06. The van der Waals surface area contributed by atoms with E-state index in [-0.39, 0.29) is 12.5 Å². The van der Waals surface area contributed by atoms with E-state index in [0.717, 1.165) is 10.6 Å². The van der Waals surface area contributed by atoms with Gasteiger partial charge >= 0.3 is 12.0 Å². The minimum atomic E-state index is -0.868. The van der Waals surface area contributed by atoms with E-state index in [2.05, 4.69) is 10.6 Å². The number of anilines is 1. The molecule has 0 aliphatic heterocycles. The summed E-state index contributed by atoms with van der Waals surface area (Å²) in [6.07, 6.45) is 2.34. The van der Waals surface area contributed by atoms with Gasteiger partial charge in [0.05, 0.1) is 5.69 Å². The average Bonchev–Trinajstić information content (AvgIpc) is 2.36. The van der Waals surface area contributed by atoms with Gasteiger partial charge in [0.2, 0.25) is 0 Å². The molecule has 0 aliphatic rings. The highest BCUT2D eigenvalue weighted by atomic mass is 32.2. The Bertz CT molecular complexity index is 489. The fourth-order valence-electron chi connectivity index (χ4n) is 1.69. The summed E-state index contributed by atoms with van der Waals surface area (Å²) in [6, 6.07) is 7.18. The monoisotopic (exact) mass is 296 g/mol. The van der Waals surface area contributed by atoms with Crippen molar-refractivity contribution >= 4 is 29.4 Å². The molecule has 0 atom stereocenters. The Kier molecular flexibility index (Phi) is 5.88. The molecule has 0 aromatic heterocycles. The quantitative estimate of drug-likeness (QED) is 0.705. The lowest BCUT2D eigenvalue weighted by atomic mass is 9.99. The Balaban J connectivity index is 2.60. The van der Waals surface area contributed by atoms with Crippen molar-refractivity contribution in [1.82, 2.24) is 5.32 Å². The zero-order valence-electron chi connectivity index (χ0n) is 11.9. The van der Waals surface area contributed by atoms with Crippen LogP contribution in [0.25, 0.3) is 0 Å². The highest BCUT2D eigenvalue weighted by molar-refractivity contribution is 7.98. The summed E-state index contributed by atoms with van der Waals surface area (Å²) in [7, 11) is 0. The first-order chi connectivity index (χ1) is 9.34. The van der Waals surface area contributed by atoms with E-state index in [1.807, 2.05) is 30.5 Å². The molecule has 110 valence electrons. The van der Waals surface area contributed by atoms with Crippen molar-refractivity contribution in [3.05, 3.63) is 24.3 Å². The Morgan fingerprint density at radius 2 is 1.95 bits per heavy atom. The lowest BCUT2D eigenvalue weighted by molar-refractivity contribution is -0.137. The number of carboxylic acids is 1. The van der Waals surface area contributed by atoms with Crippen molar-refractivity contribution in [3.8, 4) is 0 Å². The third-order valence-electron chi connectivity index (χ3n) is 2.77. The van der Waals surface area contributed by atoms with Gasteiger partial charge in [-0.25, -0.2) is 4.79 Å². The van der Waals surface area contributed by atoms with Crippen molar-refractivity contribution in [1.29, 1.82) is 0 Å². The number of hydrogen-bond acceptors (Lipinski definition) is 3. The van der Waals surface area contributed by atoms with Crippen LogP contribution in [0.3, 0.4) is 0 Å². The van der Waals surface area contributed by atoms with E-state index >= 15 is 0 Å². The number of para-hydroxylation sites is 1. The standard InChI is InChI=1S/C14H20N2O3S/c1-14(2,9-8-12(17)18)16-13(19)15-10-6-4-5-7-11(10)20-3/h4-7H,8-9H2,1-3H3,(H,17,18)(H2,15,16,19). The number of rotatable bonds is 6. The van der Waals surface area contributed by atoms with E-state index in [1.54, 1.807) is 25.6 Å². The van der Waals surface area contributed by atoms with E-state index in [1.165, 1.54) is 0 Å². The van der Waals surface area contributed by atoms with Crippen LogP contribution in [0.1, 0.15) is 26.7 Å². The first-order valence-electron chi connectivity index (χ1n) is 6.28. The van der Waals surface area contributed by atoms with Gasteiger partial charge < -0.3 is 15.7 Å². The first kappa shape index (κ1) is 16.4. The van der Waals surface area contributed by atoms with Crippen molar-refractivity contribution in [2.75, 3.05) is 11.6 Å². The maximum Gasteiger partial charge on any atom is 0.319 e. The van der Waals surface area contributed by atoms with Crippen LogP contribution in [0.5, 0.6) is 0 Å². The molecule has 2 amide bonds. The zero-order chi connectivity index (χ0) is 15.2. The highest BCUT2D eigenvalue weighted by Crippen LogP contribution is 2.24. The van der Waals surface area contributed by atoms with Crippen molar-refractivity contribution in [2.24, 2.45) is 0 Å². The van der Waals surface area contributed by atoms with E-state index in [9.17, 15) is 9.59 Å². The van der Waals surface area contributed by atoms with Crippen LogP contribution in [0.4, 0.5) is 10.5 Å². The summed E-state index contributed by atoms with van der Waals surface area (Å²) < 4.78 is 0. The van der Waals surface area contributed by atoms with Gasteiger partial charge in [0.15, 0.2) is 0 Å². The number of carbonyl (C=O) groups excluding carboxylic acids is 1. The molecular weight excluding hydrogens is 276 g/mol. The fourth-order valence-corrected chi connectivity index (χ4v) is 2.24. The summed E-state index contributed by atoms with van der Waals surface area (Å²) >= 11 is 1.55. The first-order valence-corrected chi connectivity index (χ1v) is 7.50. The number of urea groups is 1. The van der Waals surface area contributed by atoms with Crippen LogP contribution in [0, 0.1) is 0 Å². The van der Waals surface area contributed by atoms with Crippen LogP contribution in [0.15, 0.2) is 29.2 Å². The van der Waals surface area contributed by atoms with Crippen molar-refractivity contribution in [2.45, 2.75) is 37.1 Å². The largest absolute Gasteiger partial charge is 0.481 e. The number of benzene rings is 1. The predicted octanol–water partition coefficient (Wildman–Crippen LogP) is 3.17. The molecule has 0 heterocycles. The van der Waals surface area contributed by atoms with Gasteiger partial charge in [0.25, 0.3) is 0 Å². The second-order valence-corrected chi connectivity index (χ2v) is 5.91. The Labute approximate surface area is 123 Å². The Morgan fingerprint density at radius 1 is 1.30 bits per heavy atom. The minimum absolute atomic E-state index is 0.0225. The maximum absolute atomic E-state index is 12.0. The minimum Gasteiger partial charge on any atom is -0.481 e. The summed E-state index contributed by atoms with van der Waals surface area (Å²) in [5.74, 6) is -0.868. The number of aliphatic carboxylic acids is 1. The van der Waals surface area contributed by atoms with Gasteiger partial charge in [0.1, 0.15) is 0 Å². The Hall–Kier alpha value is -1.69. The summed E-state index contributed by atoms with van der Waals surface area (Å²) in [5, 5.41) is 14.3. The fraction of sp³-hybridized carbons (Fsp3) is 0.429. The summed E-state index contributed by atoms with van der Waals surface area (Å²) in [6.45, 7) is 3.60. The maximum atomic E-state index is 12.0. The zero-order valence-corrected chi connectivity index (χ0v) is 12.7. The lowest BCUT2D eigenvalue weighted by Gasteiger charge is -2.26. The smallest absolute Gasteiger partial charge is 0.319 e. The van der Waals surface area contributed by atoms with Gasteiger partial charge in [-0.3, -0.25) is 4.79 Å². The summed E-state index contributed by atoms with van der Waals surface area (Å²) in [5.41, 5.74) is 0.170. The van der Waals surface area contributed by atoms with Crippen molar-refractivity contribution in [3.63, 3.8) is 0 Å². The molecule has 5 nitrogen and oxygen atoms in total. The topological polar surface area (TPSA) is 78.4 Å². The number of thioether (sulfide) groups is 1. The molecule has 0 bridgehead atoms. The van der Waals surface area contributed by atoms with Gasteiger partial charge in [-0.05, 0) is 38.7 Å². The molecule has 1 aromatic carbocycles. The molecule has 0 saturated carbocycles. The molecule has 0 aliphatic carbocycles. The third-order valence-corrected chi connectivity index (χ3v) is 3.57.